The molecule has 0 nitrogen and oxygen atoms in total. The van der Waals surface area contributed by atoms with Crippen molar-refractivity contribution in [3.63, 3.8) is 0 Å². The van der Waals surface area contributed by atoms with E-state index in [2.05, 4.69) is 20.8 Å². The number of rotatable bonds is 2. The van der Waals surface area contributed by atoms with Gasteiger partial charge in [0, 0.05) is 0 Å². The molecule has 0 aromatic carbocycles. The smallest absolute Gasteiger partial charge is 0.345 e. The van der Waals surface area contributed by atoms with Crippen LogP contribution in [0.3, 0.4) is 0 Å². The molecule has 0 fully saturated rings. The maximum atomic E-state index is 3.81. The average Bonchev–Trinajstić information content (AvgIpc) is 1.65. The molecule has 42 valence electrons. The minimum Gasteiger partial charge on any atom is -0.345 e. The van der Waals surface area contributed by atoms with Gasteiger partial charge in [0.05, 0.1) is 0 Å². The molecule has 7 heavy (non-hydrogen) atoms. The standard InChI is InChI=1S/C6H12.W/c1-4-6(3)5-2;/h6H,1,3-5H2,2H3;/q-2;+2. The molecule has 1 unspecified atom stereocenters. The molecule has 0 aliphatic carbocycles. The SMILES string of the molecule is [CH2-]CC([CH2-])CC.[W+2]. The molecule has 0 heterocycles. The van der Waals surface area contributed by atoms with Gasteiger partial charge in [0.15, 0.2) is 0 Å². The molecule has 0 radical (unpaired) electrons. The fraction of sp³-hybridized carbons (Fsp3) is 0.667. The average molecular weight is 268 g/mol. The second kappa shape index (κ2) is 6.69. The molecule has 0 saturated heterocycles. The Morgan fingerprint density at radius 1 is 1.57 bits per heavy atom. The number of hydrogen-bond acceptors (Lipinski definition) is 0. The van der Waals surface area contributed by atoms with Crippen molar-refractivity contribution >= 4 is 0 Å². The van der Waals surface area contributed by atoms with Crippen molar-refractivity contribution in [2.45, 2.75) is 19.8 Å². The molecule has 0 spiro atoms. The zero-order valence-electron chi connectivity index (χ0n) is 4.81. The fourth-order valence-corrected chi connectivity index (χ4v) is 0.204. The summed E-state index contributed by atoms with van der Waals surface area (Å²) in [5, 5.41) is 0. The maximum Gasteiger partial charge on any atom is 2.00 e. The predicted octanol–water partition coefficient (Wildman–Crippen LogP) is 2.07. The van der Waals surface area contributed by atoms with E-state index in [1.165, 1.54) is 0 Å². The van der Waals surface area contributed by atoms with E-state index in [4.69, 9.17) is 0 Å². The third kappa shape index (κ3) is 6.69. The van der Waals surface area contributed by atoms with Crippen LogP contribution in [0, 0.1) is 19.8 Å². The van der Waals surface area contributed by atoms with Gasteiger partial charge in [-0.15, -0.1) is 0 Å². The van der Waals surface area contributed by atoms with Crippen molar-refractivity contribution in [2.75, 3.05) is 0 Å². The molecule has 0 aliphatic rings. The van der Waals surface area contributed by atoms with E-state index in [1.54, 1.807) is 0 Å². The van der Waals surface area contributed by atoms with Crippen LogP contribution in [0.25, 0.3) is 0 Å². The molecule has 0 amide bonds. The summed E-state index contributed by atoms with van der Waals surface area (Å²) in [5.41, 5.74) is 0. The maximum absolute atomic E-state index is 3.81. The van der Waals surface area contributed by atoms with Gasteiger partial charge < -0.3 is 13.8 Å². The molecule has 1 atom stereocenters. The van der Waals surface area contributed by atoms with Crippen LogP contribution >= 0.6 is 0 Å². The molecule has 0 aromatic heterocycles. The Kier molecular flexibility index (Phi) is 10.2. The van der Waals surface area contributed by atoms with Crippen LogP contribution in [0.1, 0.15) is 19.8 Å². The molecular weight excluding hydrogens is 256 g/mol. The monoisotopic (exact) mass is 268 g/mol. The topological polar surface area (TPSA) is 0 Å². The Morgan fingerprint density at radius 2 is 2.00 bits per heavy atom. The van der Waals surface area contributed by atoms with Crippen LogP contribution in [-0.4, -0.2) is 0 Å². The second-order valence-corrected chi connectivity index (χ2v) is 1.56. The van der Waals surface area contributed by atoms with Crippen molar-refractivity contribution in [2.24, 2.45) is 5.92 Å². The van der Waals surface area contributed by atoms with Gasteiger partial charge in [0.1, 0.15) is 0 Å². The Hall–Kier alpha value is 0.688. The van der Waals surface area contributed by atoms with Gasteiger partial charge in [-0.2, -0.15) is 5.92 Å². The normalized spacial score (nSPS) is 12.4. The first-order chi connectivity index (χ1) is 2.81. The Bertz CT molecular complexity index is 23.4. The molecule has 1 heteroatoms. The minimum absolute atomic E-state index is 0. The minimum atomic E-state index is 0. The summed E-state index contributed by atoms with van der Waals surface area (Å²) >= 11 is 0. The van der Waals surface area contributed by atoms with Gasteiger partial charge in [-0.3, -0.25) is 0 Å². The van der Waals surface area contributed by atoms with E-state index < -0.39 is 0 Å². The van der Waals surface area contributed by atoms with Gasteiger partial charge in [0.25, 0.3) is 0 Å². The van der Waals surface area contributed by atoms with Crippen LogP contribution in [0.5, 0.6) is 0 Å². The Labute approximate surface area is 61.0 Å². The van der Waals surface area contributed by atoms with Crippen LogP contribution in [0.4, 0.5) is 0 Å². The van der Waals surface area contributed by atoms with Crippen molar-refractivity contribution < 1.29 is 21.1 Å². The summed E-state index contributed by atoms with van der Waals surface area (Å²) in [6, 6.07) is 0. The zero-order chi connectivity index (χ0) is 4.99. The molecule has 0 bridgehead atoms. The third-order valence-electron chi connectivity index (χ3n) is 0.986. The van der Waals surface area contributed by atoms with Crippen molar-refractivity contribution in [1.82, 2.24) is 0 Å². The van der Waals surface area contributed by atoms with Crippen molar-refractivity contribution in [3.05, 3.63) is 13.8 Å². The van der Waals surface area contributed by atoms with Crippen LogP contribution in [-0.2, 0) is 21.1 Å². The third-order valence-corrected chi connectivity index (χ3v) is 0.986. The fourth-order valence-electron chi connectivity index (χ4n) is 0.204. The van der Waals surface area contributed by atoms with Gasteiger partial charge in [0.2, 0.25) is 0 Å². The van der Waals surface area contributed by atoms with E-state index in [-0.39, 0.29) is 21.1 Å². The van der Waals surface area contributed by atoms with Gasteiger partial charge in [-0.1, -0.05) is 13.3 Å². The van der Waals surface area contributed by atoms with E-state index in [9.17, 15) is 0 Å². The quantitative estimate of drug-likeness (QED) is 0.672. The summed E-state index contributed by atoms with van der Waals surface area (Å²) in [5.74, 6) is 0.574. The molecule has 0 rings (SSSR count). The summed E-state index contributed by atoms with van der Waals surface area (Å²) in [6.45, 7) is 9.63. The van der Waals surface area contributed by atoms with Gasteiger partial charge in [-0.05, 0) is 0 Å². The summed E-state index contributed by atoms with van der Waals surface area (Å²) in [6.07, 6.45) is 2.12. The van der Waals surface area contributed by atoms with Crippen molar-refractivity contribution in [3.8, 4) is 0 Å². The predicted molar refractivity (Wildman–Crippen MR) is 29.1 cm³/mol. The summed E-state index contributed by atoms with van der Waals surface area (Å²) in [4.78, 5) is 0. The van der Waals surface area contributed by atoms with Crippen LogP contribution < -0.4 is 0 Å². The van der Waals surface area contributed by atoms with E-state index in [1.807, 2.05) is 0 Å². The van der Waals surface area contributed by atoms with Crippen molar-refractivity contribution in [1.29, 1.82) is 0 Å². The summed E-state index contributed by atoms with van der Waals surface area (Å²) < 4.78 is 0. The first-order valence-corrected chi connectivity index (χ1v) is 2.43. The largest absolute Gasteiger partial charge is 2.00 e. The Morgan fingerprint density at radius 3 is 2.00 bits per heavy atom. The van der Waals surface area contributed by atoms with E-state index >= 15 is 0 Å². The first-order valence-electron chi connectivity index (χ1n) is 2.43. The molecule has 0 aliphatic heterocycles. The Balaban J connectivity index is 0. The van der Waals surface area contributed by atoms with Crippen LogP contribution in [0.2, 0.25) is 0 Å². The summed E-state index contributed by atoms with van der Waals surface area (Å²) in [7, 11) is 0. The van der Waals surface area contributed by atoms with E-state index in [0.717, 1.165) is 12.8 Å². The zero-order valence-corrected chi connectivity index (χ0v) is 7.75. The molecular formula is C6H12W. The molecule has 0 saturated carbocycles. The molecule has 0 aromatic rings. The first kappa shape index (κ1) is 10.6. The van der Waals surface area contributed by atoms with Gasteiger partial charge in [-0.25, -0.2) is 6.42 Å². The van der Waals surface area contributed by atoms with Gasteiger partial charge >= 0.3 is 21.1 Å². The second-order valence-electron chi connectivity index (χ2n) is 1.56. The van der Waals surface area contributed by atoms with Crippen LogP contribution in [0.15, 0.2) is 0 Å². The van der Waals surface area contributed by atoms with E-state index in [0.29, 0.717) is 5.92 Å². The number of hydrogen-bond donors (Lipinski definition) is 0. The molecule has 0 N–H and O–H groups in total.